The first-order chi connectivity index (χ1) is 9.40. The Labute approximate surface area is 116 Å². The van der Waals surface area contributed by atoms with E-state index in [0.717, 1.165) is 0 Å². The molecule has 1 aliphatic rings. The van der Waals surface area contributed by atoms with Gasteiger partial charge >= 0.3 is 5.97 Å². The molecule has 1 aliphatic carbocycles. The van der Waals surface area contributed by atoms with Crippen LogP contribution in [-0.2, 0) is 9.59 Å². The summed E-state index contributed by atoms with van der Waals surface area (Å²) in [5.41, 5.74) is 1.09. The molecule has 6 heteroatoms. The second-order valence-electron chi connectivity index (χ2n) is 5.05. The van der Waals surface area contributed by atoms with E-state index >= 15 is 0 Å². The van der Waals surface area contributed by atoms with Gasteiger partial charge in [-0.25, -0.2) is 0 Å². The summed E-state index contributed by atoms with van der Waals surface area (Å²) in [4.78, 5) is 35.6. The van der Waals surface area contributed by atoms with Gasteiger partial charge < -0.3 is 15.3 Å². The van der Waals surface area contributed by atoms with E-state index in [4.69, 9.17) is 5.11 Å². The number of nitrogens with zero attached hydrogens (tertiary/aromatic N) is 1. The third-order valence-corrected chi connectivity index (χ3v) is 3.25. The van der Waals surface area contributed by atoms with Gasteiger partial charge in [0.05, 0.1) is 11.8 Å². The van der Waals surface area contributed by atoms with Crippen molar-refractivity contribution in [3.63, 3.8) is 0 Å². The zero-order chi connectivity index (χ0) is 14.9. The quantitative estimate of drug-likeness (QED) is 0.860. The summed E-state index contributed by atoms with van der Waals surface area (Å²) >= 11 is 0. The third kappa shape index (κ3) is 2.96. The predicted octanol–water partition coefficient (Wildman–Crippen LogP) is 1.05. The lowest BCUT2D eigenvalue weighted by Crippen LogP contribution is -2.21. The molecule has 1 aromatic rings. The van der Waals surface area contributed by atoms with Gasteiger partial charge in [-0.15, -0.1) is 0 Å². The highest BCUT2D eigenvalue weighted by Crippen LogP contribution is 2.39. The first kappa shape index (κ1) is 14.0. The normalized spacial score (nSPS) is 20.1. The highest BCUT2D eigenvalue weighted by atomic mass is 16.4. The lowest BCUT2D eigenvalue weighted by molar-refractivity contribution is -0.139. The Hall–Kier alpha value is -2.37. The fraction of sp³-hybridized carbons (Fsp3) is 0.357. The van der Waals surface area contributed by atoms with Gasteiger partial charge in [0.1, 0.15) is 0 Å². The van der Waals surface area contributed by atoms with Gasteiger partial charge in [0.2, 0.25) is 5.91 Å². The lowest BCUT2D eigenvalue weighted by atomic mass is 10.2. The molecular weight excluding hydrogens is 260 g/mol. The van der Waals surface area contributed by atoms with Crippen LogP contribution in [0.5, 0.6) is 0 Å². The van der Waals surface area contributed by atoms with Gasteiger partial charge in [0.25, 0.3) is 5.91 Å². The van der Waals surface area contributed by atoms with Crippen molar-refractivity contribution < 1.29 is 19.5 Å². The Kier molecular flexibility index (Phi) is 3.74. The fourth-order valence-corrected chi connectivity index (χ4v) is 1.95. The third-order valence-electron chi connectivity index (χ3n) is 3.25. The van der Waals surface area contributed by atoms with Crippen LogP contribution < -0.4 is 5.32 Å². The molecule has 0 saturated heterocycles. The van der Waals surface area contributed by atoms with Gasteiger partial charge in [-0.3, -0.25) is 14.4 Å². The number of hydrogen-bond acceptors (Lipinski definition) is 3. The van der Waals surface area contributed by atoms with Crippen molar-refractivity contribution in [2.75, 3.05) is 19.4 Å². The zero-order valence-corrected chi connectivity index (χ0v) is 11.3. The molecule has 6 nitrogen and oxygen atoms in total. The zero-order valence-electron chi connectivity index (χ0n) is 11.3. The molecule has 0 aromatic heterocycles. The number of aliphatic carboxylic acids is 1. The molecule has 2 amide bonds. The number of carbonyl (C=O) groups is 3. The van der Waals surface area contributed by atoms with E-state index in [9.17, 15) is 14.4 Å². The lowest BCUT2D eigenvalue weighted by Gasteiger charge is -2.10. The molecule has 2 N–H and O–H groups in total. The van der Waals surface area contributed by atoms with Crippen LogP contribution in [0, 0.1) is 11.8 Å². The topological polar surface area (TPSA) is 86.7 Å². The highest BCUT2D eigenvalue weighted by molar-refractivity contribution is 5.99. The van der Waals surface area contributed by atoms with E-state index in [2.05, 4.69) is 5.32 Å². The van der Waals surface area contributed by atoms with Gasteiger partial charge in [-0.2, -0.15) is 0 Å². The van der Waals surface area contributed by atoms with Crippen molar-refractivity contribution >= 4 is 23.5 Å². The summed E-state index contributed by atoms with van der Waals surface area (Å²) in [7, 11) is 3.33. The van der Waals surface area contributed by atoms with E-state index in [1.54, 1.807) is 38.4 Å². The Morgan fingerprint density at radius 1 is 1.15 bits per heavy atom. The molecule has 1 saturated carbocycles. The van der Waals surface area contributed by atoms with Crippen molar-refractivity contribution in [1.29, 1.82) is 0 Å². The minimum absolute atomic E-state index is 0.115. The van der Waals surface area contributed by atoms with Crippen LogP contribution >= 0.6 is 0 Å². The van der Waals surface area contributed by atoms with Crippen molar-refractivity contribution in [3.05, 3.63) is 29.8 Å². The summed E-state index contributed by atoms with van der Waals surface area (Å²) in [6.45, 7) is 0. The number of rotatable bonds is 4. The molecule has 2 atom stereocenters. The fourth-order valence-electron chi connectivity index (χ4n) is 1.95. The highest BCUT2D eigenvalue weighted by Gasteiger charge is 2.48. The minimum Gasteiger partial charge on any atom is -0.481 e. The molecule has 106 valence electrons. The van der Waals surface area contributed by atoms with Crippen molar-refractivity contribution in [3.8, 4) is 0 Å². The van der Waals surface area contributed by atoms with Crippen LogP contribution in [0.4, 0.5) is 5.69 Å². The summed E-state index contributed by atoms with van der Waals surface area (Å²) in [6, 6.07) is 6.51. The van der Waals surface area contributed by atoms with Gasteiger partial charge in [-0.1, -0.05) is 0 Å². The largest absolute Gasteiger partial charge is 0.481 e. The predicted molar refractivity (Wildman–Crippen MR) is 72.3 cm³/mol. The van der Waals surface area contributed by atoms with Gasteiger partial charge in [0, 0.05) is 25.3 Å². The van der Waals surface area contributed by atoms with Crippen LogP contribution in [0.2, 0.25) is 0 Å². The summed E-state index contributed by atoms with van der Waals surface area (Å²) in [5.74, 6) is -2.35. The van der Waals surface area contributed by atoms with E-state index in [-0.39, 0.29) is 11.8 Å². The molecule has 0 bridgehead atoms. The van der Waals surface area contributed by atoms with E-state index < -0.39 is 17.8 Å². The number of amides is 2. The number of carbonyl (C=O) groups excluding carboxylic acids is 2. The first-order valence-electron chi connectivity index (χ1n) is 6.25. The van der Waals surface area contributed by atoms with Crippen molar-refractivity contribution in [2.45, 2.75) is 6.42 Å². The summed E-state index contributed by atoms with van der Waals surface area (Å²) in [5, 5.41) is 11.4. The Balaban J connectivity index is 1.96. The molecule has 0 heterocycles. The molecule has 0 aliphatic heterocycles. The molecule has 0 unspecified atom stereocenters. The second-order valence-corrected chi connectivity index (χ2v) is 5.05. The number of benzene rings is 1. The smallest absolute Gasteiger partial charge is 0.307 e. The SMILES string of the molecule is CN(C)C(=O)c1ccc(NC(=O)[C@@H]2C[C@@H]2C(=O)O)cc1. The maximum atomic E-state index is 11.8. The van der Waals surface area contributed by atoms with E-state index in [1.807, 2.05) is 0 Å². The van der Waals surface area contributed by atoms with E-state index in [0.29, 0.717) is 17.7 Å². The molecule has 20 heavy (non-hydrogen) atoms. The molecule has 0 spiro atoms. The number of nitrogens with one attached hydrogen (secondary N) is 1. The number of carboxylic acids is 1. The summed E-state index contributed by atoms with van der Waals surface area (Å²) < 4.78 is 0. The average Bonchev–Trinajstić information content (AvgIpc) is 3.19. The van der Waals surface area contributed by atoms with E-state index in [1.165, 1.54) is 4.90 Å². The Morgan fingerprint density at radius 2 is 1.75 bits per heavy atom. The molecule has 0 radical (unpaired) electrons. The molecule has 1 fully saturated rings. The van der Waals surface area contributed by atoms with Crippen molar-refractivity contribution in [1.82, 2.24) is 4.90 Å². The minimum atomic E-state index is -0.933. The average molecular weight is 276 g/mol. The van der Waals surface area contributed by atoms with Crippen LogP contribution in [0.25, 0.3) is 0 Å². The van der Waals surface area contributed by atoms with Crippen LogP contribution in [-0.4, -0.2) is 41.9 Å². The Bertz CT molecular complexity index is 551. The number of hydrogen-bond donors (Lipinski definition) is 2. The van der Waals surface area contributed by atoms with Crippen LogP contribution in [0.3, 0.4) is 0 Å². The molecular formula is C14H16N2O4. The summed E-state index contributed by atoms with van der Waals surface area (Å²) in [6.07, 6.45) is 0.387. The molecule has 2 rings (SSSR count). The maximum absolute atomic E-state index is 11.8. The standard InChI is InChI=1S/C14H16N2O4/c1-16(2)13(18)8-3-5-9(6-4-8)15-12(17)10-7-11(10)14(19)20/h3-6,10-11H,7H2,1-2H3,(H,15,17)(H,19,20)/t10-,11+/m1/s1. The van der Waals surface area contributed by atoms with Crippen LogP contribution in [0.15, 0.2) is 24.3 Å². The maximum Gasteiger partial charge on any atom is 0.307 e. The van der Waals surface area contributed by atoms with Gasteiger partial charge in [0.15, 0.2) is 0 Å². The van der Waals surface area contributed by atoms with Crippen LogP contribution in [0.1, 0.15) is 16.8 Å². The number of anilines is 1. The Morgan fingerprint density at radius 3 is 2.20 bits per heavy atom. The van der Waals surface area contributed by atoms with Gasteiger partial charge in [-0.05, 0) is 30.7 Å². The second kappa shape index (κ2) is 5.32. The van der Waals surface area contributed by atoms with Crippen molar-refractivity contribution in [2.24, 2.45) is 11.8 Å². The number of carboxylic acid groups (broad SMARTS) is 1. The first-order valence-corrected chi connectivity index (χ1v) is 6.25. The molecule has 1 aromatic carbocycles. The monoisotopic (exact) mass is 276 g/mol.